The molecule has 1 saturated heterocycles. The highest BCUT2D eigenvalue weighted by Crippen LogP contribution is 2.09. The minimum absolute atomic E-state index is 0.0516. The van der Waals surface area contributed by atoms with Crippen molar-refractivity contribution in [3.8, 4) is 0 Å². The van der Waals surface area contributed by atoms with Crippen molar-refractivity contribution in [1.82, 2.24) is 9.88 Å². The van der Waals surface area contributed by atoms with Crippen LogP contribution in [0.5, 0.6) is 0 Å². The summed E-state index contributed by atoms with van der Waals surface area (Å²) in [7, 11) is 0. The fourth-order valence-electron chi connectivity index (χ4n) is 1.93. The summed E-state index contributed by atoms with van der Waals surface area (Å²) < 4.78 is 12.8. The third kappa shape index (κ3) is 3.41. The lowest BCUT2D eigenvalue weighted by molar-refractivity contribution is -0.130. The zero-order valence-corrected chi connectivity index (χ0v) is 9.66. The lowest BCUT2D eigenvalue weighted by atomic mass is 10.1. The summed E-state index contributed by atoms with van der Waals surface area (Å²) in [5.41, 5.74) is 0. The molecule has 1 N–H and O–H groups in total. The van der Waals surface area contributed by atoms with Crippen molar-refractivity contribution in [3.05, 3.63) is 24.1 Å². The minimum atomic E-state index is -0.541. The van der Waals surface area contributed by atoms with E-state index >= 15 is 0 Å². The van der Waals surface area contributed by atoms with Crippen molar-refractivity contribution in [1.29, 1.82) is 0 Å². The Balaban J connectivity index is 1.83. The fraction of sp³-hybridized carbons (Fsp3) is 0.500. The summed E-state index contributed by atoms with van der Waals surface area (Å²) in [6.45, 7) is 1.84. The Morgan fingerprint density at radius 3 is 2.82 bits per heavy atom. The third-order valence-corrected chi connectivity index (χ3v) is 2.84. The maximum atomic E-state index is 12.8. The van der Waals surface area contributed by atoms with Gasteiger partial charge in [0.1, 0.15) is 5.82 Å². The van der Waals surface area contributed by atoms with Gasteiger partial charge in [0, 0.05) is 13.1 Å². The second-order valence-corrected chi connectivity index (χ2v) is 4.14. The highest BCUT2D eigenvalue weighted by atomic mass is 19.1. The van der Waals surface area contributed by atoms with E-state index in [1.807, 2.05) is 4.90 Å². The number of hydrogen-bond acceptors (Lipinski definition) is 3. The highest BCUT2D eigenvalue weighted by Gasteiger charge is 2.15. The van der Waals surface area contributed by atoms with Gasteiger partial charge >= 0.3 is 0 Å². The van der Waals surface area contributed by atoms with Crippen LogP contribution < -0.4 is 5.32 Å². The van der Waals surface area contributed by atoms with E-state index in [9.17, 15) is 9.18 Å². The number of amides is 1. The van der Waals surface area contributed by atoms with Gasteiger partial charge in [-0.05, 0) is 31.4 Å². The second-order valence-electron chi connectivity index (χ2n) is 4.14. The number of aromatic nitrogens is 1. The Kier molecular flexibility index (Phi) is 3.90. The fourth-order valence-corrected chi connectivity index (χ4v) is 1.93. The summed E-state index contributed by atoms with van der Waals surface area (Å²) >= 11 is 0. The molecule has 1 aliphatic rings. The van der Waals surface area contributed by atoms with E-state index in [2.05, 4.69) is 10.3 Å². The van der Waals surface area contributed by atoms with Gasteiger partial charge in [-0.3, -0.25) is 4.79 Å². The first kappa shape index (κ1) is 11.8. The Morgan fingerprint density at radius 2 is 2.12 bits per heavy atom. The Morgan fingerprint density at radius 1 is 1.35 bits per heavy atom. The topological polar surface area (TPSA) is 45.2 Å². The Bertz CT molecular complexity index is 391. The van der Waals surface area contributed by atoms with Gasteiger partial charge in [-0.25, -0.2) is 4.98 Å². The SMILES string of the molecule is O=C(CNc1cccc(F)n1)N1CCCCC1. The molecule has 2 rings (SSSR count). The molecule has 1 fully saturated rings. The number of carbonyl (C=O) groups excluding carboxylic acids is 1. The van der Waals surface area contributed by atoms with Crippen LogP contribution in [0.1, 0.15) is 19.3 Å². The van der Waals surface area contributed by atoms with Crippen molar-refractivity contribution >= 4 is 11.7 Å². The largest absolute Gasteiger partial charge is 0.361 e. The van der Waals surface area contributed by atoms with Gasteiger partial charge in [-0.15, -0.1) is 0 Å². The number of piperidine rings is 1. The zero-order chi connectivity index (χ0) is 12.1. The molecule has 0 spiro atoms. The van der Waals surface area contributed by atoms with E-state index in [-0.39, 0.29) is 12.5 Å². The summed E-state index contributed by atoms with van der Waals surface area (Å²) in [5, 5.41) is 2.84. The molecule has 1 amide bonds. The number of rotatable bonds is 3. The monoisotopic (exact) mass is 237 g/mol. The molecular formula is C12H16FN3O. The van der Waals surface area contributed by atoms with Crippen molar-refractivity contribution < 1.29 is 9.18 Å². The quantitative estimate of drug-likeness (QED) is 0.813. The molecule has 0 aliphatic carbocycles. The van der Waals surface area contributed by atoms with Crippen LogP contribution in [0.3, 0.4) is 0 Å². The van der Waals surface area contributed by atoms with Gasteiger partial charge < -0.3 is 10.2 Å². The minimum Gasteiger partial charge on any atom is -0.361 e. The number of anilines is 1. The van der Waals surface area contributed by atoms with Gasteiger partial charge in [-0.2, -0.15) is 4.39 Å². The van der Waals surface area contributed by atoms with Gasteiger partial charge in [0.05, 0.1) is 6.54 Å². The van der Waals surface area contributed by atoms with E-state index in [1.54, 1.807) is 12.1 Å². The van der Waals surface area contributed by atoms with Crippen LogP contribution in [0.4, 0.5) is 10.2 Å². The van der Waals surface area contributed by atoms with Crippen molar-refractivity contribution in [2.24, 2.45) is 0 Å². The van der Waals surface area contributed by atoms with Crippen LogP contribution in [0, 0.1) is 5.95 Å². The number of nitrogens with one attached hydrogen (secondary N) is 1. The summed E-state index contributed by atoms with van der Waals surface area (Å²) in [6.07, 6.45) is 3.34. The summed E-state index contributed by atoms with van der Waals surface area (Å²) in [6, 6.07) is 4.49. The normalized spacial score (nSPS) is 15.7. The van der Waals surface area contributed by atoms with Crippen LogP contribution in [0.25, 0.3) is 0 Å². The summed E-state index contributed by atoms with van der Waals surface area (Å²) in [4.78, 5) is 17.3. The number of likely N-dealkylation sites (tertiary alicyclic amines) is 1. The molecule has 17 heavy (non-hydrogen) atoms. The first-order valence-corrected chi connectivity index (χ1v) is 5.90. The number of pyridine rings is 1. The molecule has 0 aromatic carbocycles. The van der Waals surface area contributed by atoms with Crippen molar-refractivity contribution in [2.45, 2.75) is 19.3 Å². The Hall–Kier alpha value is -1.65. The maximum Gasteiger partial charge on any atom is 0.241 e. The van der Waals surface area contributed by atoms with Gasteiger partial charge in [-0.1, -0.05) is 6.07 Å². The second kappa shape index (κ2) is 5.61. The average Bonchev–Trinajstić information content (AvgIpc) is 2.37. The number of hydrogen-bond donors (Lipinski definition) is 1. The molecule has 0 bridgehead atoms. The Labute approximate surface area is 99.8 Å². The van der Waals surface area contributed by atoms with Crippen LogP contribution in [0.2, 0.25) is 0 Å². The lowest BCUT2D eigenvalue weighted by Gasteiger charge is -2.26. The van der Waals surface area contributed by atoms with Crippen molar-refractivity contribution in [3.63, 3.8) is 0 Å². The molecule has 1 aromatic heterocycles. The maximum absolute atomic E-state index is 12.8. The molecule has 2 heterocycles. The smallest absolute Gasteiger partial charge is 0.241 e. The predicted octanol–water partition coefficient (Wildman–Crippen LogP) is 1.65. The van der Waals surface area contributed by atoms with E-state index in [4.69, 9.17) is 0 Å². The third-order valence-electron chi connectivity index (χ3n) is 2.84. The standard InChI is InChI=1S/C12H16FN3O/c13-10-5-4-6-11(15-10)14-9-12(17)16-7-2-1-3-8-16/h4-6H,1-3,7-9H2,(H,14,15). The first-order valence-electron chi connectivity index (χ1n) is 5.90. The predicted molar refractivity (Wildman–Crippen MR) is 63.1 cm³/mol. The molecule has 1 aliphatic heterocycles. The first-order chi connectivity index (χ1) is 8.25. The lowest BCUT2D eigenvalue weighted by Crippen LogP contribution is -2.39. The van der Waals surface area contributed by atoms with Gasteiger partial charge in [0.15, 0.2) is 0 Å². The van der Waals surface area contributed by atoms with Crippen molar-refractivity contribution in [2.75, 3.05) is 25.0 Å². The van der Waals surface area contributed by atoms with Crippen LogP contribution in [-0.2, 0) is 4.79 Å². The van der Waals surface area contributed by atoms with Crippen LogP contribution in [0.15, 0.2) is 18.2 Å². The zero-order valence-electron chi connectivity index (χ0n) is 9.66. The number of nitrogens with zero attached hydrogens (tertiary/aromatic N) is 2. The van der Waals surface area contributed by atoms with E-state index in [1.165, 1.54) is 12.5 Å². The van der Waals surface area contributed by atoms with Gasteiger partial charge in [0.2, 0.25) is 11.9 Å². The van der Waals surface area contributed by atoms with Crippen LogP contribution in [-0.4, -0.2) is 35.4 Å². The van der Waals surface area contributed by atoms with E-state index in [0.29, 0.717) is 5.82 Å². The molecule has 0 saturated carbocycles. The molecule has 5 heteroatoms. The van der Waals surface area contributed by atoms with Crippen LogP contribution >= 0.6 is 0 Å². The molecule has 92 valence electrons. The molecular weight excluding hydrogens is 221 g/mol. The summed E-state index contributed by atoms with van der Waals surface area (Å²) in [5.74, 6) is -0.0912. The molecule has 1 aromatic rings. The molecule has 0 atom stereocenters. The number of carbonyl (C=O) groups is 1. The average molecular weight is 237 g/mol. The highest BCUT2D eigenvalue weighted by molar-refractivity contribution is 5.80. The molecule has 0 radical (unpaired) electrons. The van der Waals surface area contributed by atoms with Gasteiger partial charge in [0.25, 0.3) is 0 Å². The number of halogens is 1. The van der Waals surface area contributed by atoms with E-state index in [0.717, 1.165) is 25.9 Å². The van der Waals surface area contributed by atoms with E-state index < -0.39 is 5.95 Å². The molecule has 0 unspecified atom stereocenters. The molecule has 4 nitrogen and oxygen atoms in total.